The van der Waals surface area contributed by atoms with Crippen LogP contribution in [-0.4, -0.2) is 62.0 Å². The van der Waals surface area contributed by atoms with Crippen molar-refractivity contribution in [1.29, 1.82) is 0 Å². The summed E-state index contributed by atoms with van der Waals surface area (Å²) in [4.78, 5) is 2.33. The summed E-state index contributed by atoms with van der Waals surface area (Å²) in [5, 5.41) is 12.9. The molecule has 0 spiro atoms. The molecule has 0 fully saturated rings. The Morgan fingerprint density at radius 3 is 2.61 bits per heavy atom. The summed E-state index contributed by atoms with van der Waals surface area (Å²) in [7, 11) is 2.14. The third-order valence-corrected chi connectivity index (χ3v) is 3.08. The Balaban J connectivity index is 3.27. The van der Waals surface area contributed by atoms with Crippen molar-refractivity contribution >= 4 is 0 Å². The first kappa shape index (κ1) is 17.8. The number of aliphatic hydroxyl groups excluding tert-OH is 1. The van der Waals surface area contributed by atoms with Crippen molar-refractivity contribution in [2.45, 2.75) is 52.2 Å². The van der Waals surface area contributed by atoms with Crippen LogP contribution in [0.25, 0.3) is 0 Å². The molecule has 18 heavy (non-hydrogen) atoms. The highest BCUT2D eigenvalue weighted by Crippen LogP contribution is 1.94. The lowest BCUT2D eigenvalue weighted by Crippen LogP contribution is -2.33. The van der Waals surface area contributed by atoms with Gasteiger partial charge in [-0.2, -0.15) is 0 Å². The number of aliphatic hydroxyl groups is 1. The molecule has 0 rings (SSSR count). The van der Waals surface area contributed by atoms with Crippen LogP contribution in [0.2, 0.25) is 0 Å². The van der Waals surface area contributed by atoms with Gasteiger partial charge in [-0.3, -0.25) is 0 Å². The first-order chi connectivity index (χ1) is 8.57. The van der Waals surface area contributed by atoms with Crippen molar-refractivity contribution in [3.05, 3.63) is 0 Å². The molecule has 0 aromatic heterocycles. The molecule has 1 unspecified atom stereocenters. The molecule has 0 aliphatic rings. The van der Waals surface area contributed by atoms with E-state index in [1.165, 1.54) is 0 Å². The van der Waals surface area contributed by atoms with E-state index >= 15 is 0 Å². The van der Waals surface area contributed by atoms with E-state index in [1.54, 1.807) is 0 Å². The van der Waals surface area contributed by atoms with Crippen molar-refractivity contribution in [1.82, 2.24) is 10.2 Å². The molecule has 0 aromatic carbocycles. The van der Waals surface area contributed by atoms with Crippen molar-refractivity contribution in [3.8, 4) is 0 Å². The average Bonchev–Trinajstić information content (AvgIpc) is 2.33. The van der Waals surface area contributed by atoms with Crippen LogP contribution in [0.4, 0.5) is 0 Å². The zero-order chi connectivity index (χ0) is 13.8. The fourth-order valence-electron chi connectivity index (χ4n) is 1.51. The van der Waals surface area contributed by atoms with Crippen molar-refractivity contribution in [2.75, 3.05) is 39.9 Å². The Hall–Kier alpha value is -0.160. The van der Waals surface area contributed by atoms with Gasteiger partial charge in [0.25, 0.3) is 0 Å². The Labute approximate surface area is 113 Å². The average molecular weight is 260 g/mol. The maximum absolute atomic E-state index is 9.65. The predicted molar refractivity (Wildman–Crippen MR) is 77.0 cm³/mol. The molecule has 0 aromatic rings. The molecule has 110 valence electrons. The molecule has 4 nitrogen and oxygen atoms in total. The van der Waals surface area contributed by atoms with E-state index in [0.29, 0.717) is 19.2 Å². The molecular formula is C14H32N2O2. The highest BCUT2D eigenvalue weighted by atomic mass is 16.5. The second-order valence-corrected chi connectivity index (χ2v) is 5.21. The van der Waals surface area contributed by atoms with Gasteiger partial charge in [-0.1, -0.05) is 13.3 Å². The molecule has 0 bridgehead atoms. The minimum absolute atomic E-state index is 0.385. The molecule has 1 atom stereocenters. The SMILES string of the molecule is CCCCOCC(O)CNCCCN(C)C(C)C. The highest BCUT2D eigenvalue weighted by Gasteiger charge is 2.04. The molecule has 0 saturated carbocycles. The zero-order valence-electron chi connectivity index (χ0n) is 12.6. The van der Waals surface area contributed by atoms with Crippen LogP contribution in [0.5, 0.6) is 0 Å². The van der Waals surface area contributed by atoms with E-state index in [1.807, 2.05) is 0 Å². The van der Waals surface area contributed by atoms with Crippen LogP contribution in [0.3, 0.4) is 0 Å². The second kappa shape index (κ2) is 11.9. The Kier molecular flexibility index (Phi) is 11.8. The number of hydrogen-bond donors (Lipinski definition) is 2. The van der Waals surface area contributed by atoms with Crippen molar-refractivity contribution in [2.24, 2.45) is 0 Å². The molecule has 4 heteroatoms. The topological polar surface area (TPSA) is 44.7 Å². The predicted octanol–water partition coefficient (Wildman–Crippen LogP) is 1.48. The fraction of sp³-hybridized carbons (Fsp3) is 1.00. The van der Waals surface area contributed by atoms with Gasteiger partial charge in [-0.15, -0.1) is 0 Å². The van der Waals surface area contributed by atoms with Crippen molar-refractivity contribution in [3.63, 3.8) is 0 Å². The van der Waals surface area contributed by atoms with E-state index in [2.05, 4.69) is 38.0 Å². The smallest absolute Gasteiger partial charge is 0.0897 e. The minimum Gasteiger partial charge on any atom is -0.389 e. The van der Waals surface area contributed by atoms with Gasteiger partial charge in [0.05, 0.1) is 12.7 Å². The van der Waals surface area contributed by atoms with Crippen LogP contribution < -0.4 is 5.32 Å². The molecule has 0 heterocycles. The summed E-state index contributed by atoms with van der Waals surface area (Å²) < 4.78 is 5.36. The summed E-state index contributed by atoms with van der Waals surface area (Å²) in [6, 6.07) is 0.600. The van der Waals surface area contributed by atoms with Gasteiger partial charge in [-0.25, -0.2) is 0 Å². The van der Waals surface area contributed by atoms with Gasteiger partial charge < -0.3 is 20.1 Å². The monoisotopic (exact) mass is 260 g/mol. The third-order valence-electron chi connectivity index (χ3n) is 3.08. The van der Waals surface area contributed by atoms with Gasteiger partial charge in [0, 0.05) is 19.2 Å². The Bertz CT molecular complexity index is 177. The number of unbranched alkanes of at least 4 members (excludes halogenated alkanes) is 1. The van der Waals surface area contributed by atoms with E-state index in [9.17, 15) is 5.11 Å². The number of rotatable bonds is 12. The van der Waals surface area contributed by atoms with Crippen molar-refractivity contribution < 1.29 is 9.84 Å². The Morgan fingerprint density at radius 1 is 1.28 bits per heavy atom. The zero-order valence-corrected chi connectivity index (χ0v) is 12.6. The number of nitrogens with zero attached hydrogens (tertiary/aromatic N) is 1. The molecule has 0 radical (unpaired) electrons. The Morgan fingerprint density at radius 2 is 2.00 bits per heavy atom. The summed E-state index contributed by atoms with van der Waals surface area (Å²) in [5.41, 5.74) is 0. The van der Waals surface area contributed by atoms with Crippen LogP contribution in [0, 0.1) is 0 Å². The van der Waals surface area contributed by atoms with Crippen LogP contribution in [0.1, 0.15) is 40.0 Å². The lowest BCUT2D eigenvalue weighted by molar-refractivity contribution is 0.0359. The van der Waals surface area contributed by atoms with E-state index < -0.39 is 0 Å². The summed E-state index contributed by atoms with van der Waals surface area (Å²) >= 11 is 0. The summed E-state index contributed by atoms with van der Waals surface area (Å²) in [5.74, 6) is 0. The van der Waals surface area contributed by atoms with E-state index in [-0.39, 0.29) is 6.10 Å². The first-order valence-corrected chi connectivity index (χ1v) is 7.24. The molecular weight excluding hydrogens is 228 g/mol. The van der Waals surface area contributed by atoms with Gasteiger partial charge in [0.2, 0.25) is 0 Å². The standard InChI is InChI=1S/C14H32N2O2/c1-5-6-10-18-12-14(17)11-15-8-7-9-16(4)13(2)3/h13-15,17H,5-12H2,1-4H3. The third kappa shape index (κ3) is 11.0. The van der Waals surface area contributed by atoms with Gasteiger partial charge in [0.15, 0.2) is 0 Å². The van der Waals surface area contributed by atoms with Crippen LogP contribution in [-0.2, 0) is 4.74 Å². The van der Waals surface area contributed by atoms with Gasteiger partial charge in [-0.05, 0) is 46.8 Å². The van der Waals surface area contributed by atoms with E-state index in [0.717, 1.165) is 39.0 Å². The number of hydrogen-bond acceptors (Lipinski definition) is 4. The van der Waals surface area contributed by atoms with Crippen LogP contribution in [0.15, 0.2) is 0 Å². The maximum Gasteiger partial charge on any atom is 0.0897 e. The normalized spacial score (nSPS) is 13.5. The summed E-state index contributed by atoms with van der Waals surface area (Å²) in [6.45, 7) is 10.4. The largest absolute Gasteiger partial charge is 0.389 e. The van der Waals surface area contributed by atoms with Gasteiger partial charge in [0.1, 0.15) is 0 Å². The number of nitrogens with one attached hydrogen (secondary N) is 1. The highest BCUT2D eigenvalue weighted by molar-refractivity contribution is 4.61. The quantitative estimate of drug-likeness (QED) is 0.522. The molecule has 2 N–H and O–H groups in total. The molecule has 0 saturated heterocycles. The first-order valence-electron chi connectivity index (χ1n) is 7.24. The number of ether oxygens (including phenoxy) is 1. The molecule has 0 aliphatic carbocycles. The second-order valence-electron chi connectivity index (χ2n) is 5.21. The molecule has 0 aliphatic heterocycles. The fourth-order valence-corrected chi connectivity index (χ4v) is 1.51. The van der Waals surface area contributed by atoms with Gasteiger partial charge >= 0.3 is 0 Å². The van der Waals surface area contributed by atoms with E-state index in [4.69, 9.17) is 4.74 Å². The molecule has 0 amide bonds. The summed E-state index contributed by atoms with van der Waals surface area (Å²) in [6.07, 6.45) is 2.93. The minimum atomic E-state index is -0.385. The lowest BCUT2D eigenvalue weighted by atomic mass is 10.3. The maximum atomic E-state index is 9.65. The lowest BCUT2D eigenvalue weighted by Gasteiger charge is -2.21. The van der Waals surface area contributed by atoms with Crippen LogP contribution >= 0.6 is 0 Å².